The second-order valence-corrected chi connectivity index (χ2v) is 4.69. The van der Waals surface area contributed by atoms with Crippen molar-refractivity contribution in [2.45, 2.75) is 40.2 Å². The number of amides is 1. The first kappa shape index (κ1) is 14.7. The van der Waals surface area contributed by atoms with Gasteiger partial charge >= 0.3 is 0 Å². The van der Waals surface area contributed by atoms with Gasteiger partial charge in [0.2, 0.25) is 5.91 Å². The van der Waals surface area contributed by atoms with Crippen LogP contribution in [0.4, 0.5) is 5.69 Å². The van der Waals surface area contributed by atoms with Gasteiger partial charge in [-0.3, -0.25) is 4.79 Å². The lowest BCUT2D eigenvalue weighted by Gasteiger charge is -2.13. The van der Waals surface area contributed by atoms with Crippen LogP contribution < -0.4 is 10.6 Å². The molecule has 18 heavy (non-hydrogen) atoms. The molecule has 0 aliphatic rings. The van der Waals surface area contributed by atoms with Gasteiger partial charge in [0.1, 0.15) is 0 Å². The van der Waals surface area contributed by atoms with Crippen molar-refractivity contribution >= 4 is 11.6 Å². The van der Waals surface area contributed by atoms with Gasteiger partial charge in [-0.25, -0.2) is 0 Å². The summed E-state index contributed by atoms with van der Waals surface area (Å²) in [4.78, 5) is 10.9. The van der Waals surface area contributed by atoms with Crippen LogP contribution in [-0.2, 0) is 11.3 Å². The number of carbonyl (C=O) groups is 1. The first-order valence-corrected chi connectivity index (χ1v) is 6.73. The minimum atomic E-state index is -0.0328. The van der Waals surface area contributed by atoms with E-state index in [1.165, 1.54) is 25.3 Å². The van der Waals surface area contributed by atoms with Gasteiger partial charge in [-0.2, -0.15) is 0 Å². The SMILES string of the molecule is CCC(CC)CNCc1ccc(NC(C)=O)cc1. The molecule has 0 aliphatic carbocycles. The highest BCUT2D eigenvalue weighted by Gasteiger charge is 2.02. The summed E-state index contributed by atoms with van der Waals surface area (Å²) < 4.78 is 0. The Morgan fingerprint density at radius 2 is 1.78 bits per heavy atom. The van der Waals surface area contributed by atoms with Crippen molar-refractivity contribution in [2.75, 3.05) is 11.9 Å². The lowest BCUT2D eigenvalue weighted by molar-refractivity contribution is -0.114. The Kier molecular flexibility index (Phi) is 6.44. The second-order valence-electron chi connectivity index (χ2n) is 4.69. The Labute approximate surface area is 110 Å². The van der Waals surface area contributed by atoms with Crippen molar-refractivity contribution in [1.29, 1.82) is 0 Å². The predicted molar refractivity (Wildman–Crippen MR) is 76.5 cm³/mol. The monoisotopic (exact) mass is 248 g/mol. The van der Waals surface area contributed by atoms with Gasteiger partial charge in [-0.1, -0.05) is 38.8 Å². The zero-order valence-corrected chi connectivity index (χ0v) is 11.6. The molecule has 0 fully saturated rings. The Balaban J connectivity index is 2.37. The van der Waals surface area contributed by atoms with Gasteiger partial charge in [0.15, 0.2) is 0 Å². The van der Waals surface area contributed by atoms with E-state index in [4.69, 9.17) is 0 Å². The molecule has 0 aliphatic heterocycles. The first-order chi connectivity index (χ1) is 8.65. The highest BCUT2D eigenvalue weighted by molar-refractivity contribution is 5.88. The van der Waals surface area contributed by atoms with E-state index in [9.17, 15) is 4.79 Å². The van der Waals surface area contributed by atoms with Crippen LogP contribution in [0.1, 0.15) is 39.2 Å². The Hall–Kier alpha value is -1.35. The molecule has 1 rings (SSSR count). The fourth-order valence-corrected chi connectivity index (χ4v) is 1.91. The molecule has 3 nitrogen and oxygen atoms in total. The van der Waals surface area contributed by atoms with Crippen LogP contribution in [0.5, 0.6) is 0 Å². The maximum atomic E-state index is 10.9. The number of hydrogen-bond acceptors (Lipinski definition) is 2. The van der Waals surface area contributed by atoms with Crippen molar-refractivity contribution in [3.63, 3.8) is 0 Å². The van der Waals surface area contributed by atoms with Gasteiger partial charge in [0.05, 0.1) is 0 Å². The van der Waals surface area contributed by atoms with Gasteiger partial charge < -0.3 is 10.6 Å². The summed E-state index contributed by atoms with van der Waals surface area (Å²) >= 11 is 0. The van der Waals surface area contributed by atoms with Crippen molar-refractivity contribution in [3.8, 4) is 0 Å². The minimum absolute atomic E-state index is 0.0328. The predicted octanol–water partition coefficient (Wildman–Crippen LogP) is 3.17. The van der Waals surface area contributed by atoms with Gasteiger partial charge in [-0.15, -0.1) is 0 Å². The molecular weight excluding hydrogens is 224 g/mol. The lowest BCUT2D eigenvalue weighted by Crippen LogP contribution is -2.21. The van der Waals surface area contributed by atoms with Crippen LogP contribution in [0.15, 0.2) is 24.3 Å². The standard InChI is InChI=1S/C15H24N2O/c1-4-13(5-2)10-16-11-14-6-8-15(9-7-14)17-12(3)18/h6-9,13,16H,4-5,10-11H2,1-3H3,(H,17,18). The molecule has 1 amide bonds. The number of carbonyl (C=O) groups excluding carboxylic acids is 1. The van der Waals surface area contributed by atoms with E-state index in [1.54, 1.807) is 0 Å². The minimum Gasteiger partial charge on any atom is -0.326 e. The maximum Gasteiger partial charge on any atom is 0.221 e. The fraction of sp³-hybridized carbons (Fsp3) is 0.533. The molecule has 1 aromatic rings. The quantitative estimate of drug-likeness (QED) is 0.778. The molecule has 100 valence electrons. The second kappa shape index (κ2) is 7.88. The van der Waals surface area contributed by atoms with Crippen LogP contribution in [0, 0.1) is 5.92 Å². The summed E-state index contributed by atoms with van der Waals surface area (Å²) in [7, 11) is 0. The molecule has 1 aromatic carbocycles. The van der Waals surface area contributed by atoms with Crippen molar-refractivity contribution in [2.24, 2.45) is 5.92 Å². The number of hydrogen-bond donors (Lipinski definition) is 2. The largest absolute Gasteiger partial charge is 0.326 e. The smallest absolute Gasteiger partial charge is 0.221 e. The number of anilines is 1. The van der Waals surface area contributed by atoms with E-state index in [2.05, 4.69) is 24.5 Å². The molecule has 2 N–H and O–H groups in total. The molecule has 3 heteroatoms. The molecule has 0 saturated heterocycles. The summed E-state index contributed by atoms with van der Waals surface area (Å²) in [5.41, 5.74) is 2.10. The maximum absolute atomic E-state index is 10.9. The Morgan fingerprint density at radius 3 is 2.28 bits per heavy atom. The average molecular weight is 248 g/mol. The molecule has 0 radical (unpaired) electrons. The molecule has 0 aromatic heterocycles. The lowest BCUT2D eigenvalue weighted by atomic mass is 10.0. The zero-order chi connectivity index (χ0) is 13.4. The summed E-state index contributed by atoms with van der Waals surface area (Å²) in [6.07, 6.45) is 2.45. The van der Waals surface area contributed by atoms with Crippen LogP contribution in [0.2, 0.25) is 0 Å². The van der Waals surface area contributed by atoms with Crippen LogP contribution in [0.3, 0.4) is 0 Å². The zero-order valence-electron chi connectivity index (χ0n) is 11.6. The first-order valence-electron chi connectivity index (χ1n) is 6.73. The van der Waals surface area contributed by atoms with E-state index in [0.29, 0.717) is 0 Å². The summed E-state index contributed by atoms with van der Waals surface area (Å²) in [5.74, 6) is 0.735. The third-order valence-electron chi connectivity index (χ3n) is 3.19. The van der Waals surface area contributed by atoms with E-state index in [0.717, 1.165) is 24.7 Å². The van der Waals surface area contributed by atoms with E-state index >= 15 is 0 Å². The molecule has 0 unspecified atom stereocenters. The van der Waals surface area contributed by atoms with Crippen molar-refractivity contribution in [1.82, 2.24) is 5.32 Å². The summed E-state index contributed by atoms with van der Waals surface area (Å²) in [5, 5.41) is 6.24. The fourth-order valence-electron chi connectivity index (χ4n) is 1.91. The van der Waals surface area contributed by atoms with Gasteiger partial charge in [0, 0.05) is 19.2 Å². The van der Waals surface area contributed by atoms with Crippen LogP contribution >= 0.6 is 0 Å². The van der Waals surface area contributed by atoms with Crippen molar-refractivity contribution < 1.29 is 4.79 Å². The van der Waals surface area contributed by atoms with Gasteiger partial charge in [0.25, 0.3) is 0 Å². The summed E-state index contributed by atoms with van der Waals surface area (Å²) in [6.45, 7) is 7.94. The normalized spacial score (nSPS) is 10.7. The van der Waals surface area contributed by atoms with E-state index in [1.807, 2.05) is 24.3 Å². The average Bonchev–Trinajstić information content (AvgIpc) is 2.36. The van der Waals surface area contributed by atoms with Crippen LogP contribution in [0.25, 0.3) is 0 Å². The number of nitrogens with one attached hydrogen (secondary N) is 2. The third-order valence-corrected chi connectivity index (χ3v) is 3.19. The molecule has 0 atom stereocenters. The number of benzene rings is 1. The van der Waals surface area contributed by atoms with Gasteiger partial charge in [-0.05, 0) is 30.2 Å². The van der Waals surface area contributed by atoms with E-state index < -0.39 is 0 Å². The number of rotatable bonds is 7. The van der Waals surface area contributed by atoms with E-state index in [-0.39, 0.29) is 5.91 Å². The molecule has 0 bridgehead atoms. The Morgan fingerprint density at radius 1 is 1.17 bits per heavy atom. The third kappa shape index (κ3) is 5.32. The van der Waals surface area contributed by atoms with Crippen molar-refractivity contribution in [3.05, 3.63) is 29.8 Å². The highest BCUT2D eigenvalue weighted by atomic mass is 16.1. The summed E-state index contributed by atoms with van der Waals surface area (Å²) in [6, 6.07) is 7.97. The molecule has 0 spiro atoms. The highest BCUT2D eigenvalue weighted by Crippen LogP contribution is 2.10. The molecule has 0 heterocycles. The Bertz CT molecular complexity index is 355. The topological polar surface area (TPSA) is 41.1 Å². The molecule has 0 saturated carbocycles. The molecular formula is C15H24N2O. The van der Waals surface area contributed by atoms with Crippen LogP contribution in [-0.4, -0.2) is 12.5 Å².